The van der Waals surface area contributed by atoms with Crippen molar-refractivity contribution < 1.29 is 0 Å². The predicted octanol–water partition coefficient (Wildman–Crippen LogP) is 4.20. The number of nitrogens with two attached hydrogens (primary N) is 1. The lowest BCUT2D eigenvalue weighted by molar-refractivity contribution is 0.415. The minimum atomic E-state index is 0.216. The zero-order valence-electron chi connectivity index (χ0n) is 9.86. The number of thiophene rings is 2. The average Bonchev–Trinajstić information content (AvgIpc) is 3.00. The summed E-state index contributed by atoms with van der Waals surface area (Å²) in [6.07, 6.45) is 3.70. The molecule has 96 valence electrons. The number of hydrazine groups is 1. The Morgan fingerprint density at radius 2 is 2.17 bits per heavy atom. The summed E-state index contributed by atoms with van der Waals surface area (Å²) in [5.74, 6) is 6.33. The molecule has 18 heavy (non-hydrogen) atoms. The van der Waals surface area contributed by atoms with E-state index < -0.39 is 0 Å². The van der Waals surface area contributed by atoms with Crippen molar-refractivity contribution in [1.29, 1.82) is 0 Å². The minimum absolute atomic E-state index is 0.216. The molecule has 0 fully saturated rings. The number of halogens is 1. The van der Waals surface area contributed by atoms with Gasteiger partial charge in [-0.2, -0.15) is 0 Å². The highest BCUT2D eigenvalue weighted by Crippen LogP contribution is 2.44. The number of rotatable bonds is 3. The lowest BCUT2D eigenvalue weighted by Crippen LogP contribution is -2.33. The first-order valence-electron chi connectivity index (χ1n) is 6.06. The Kier molecular flexibility index (Phi) is 3.86. The Hall–Kier alpha value is -0.200. The van der Waals surface area contributed by atoms with Crippen LogP contribution in [-0.4, -0.2) is 0 Å². The summed E-state index contributed by atoms with van der Waals surface area (Å²) in [6, 6.07) is 4.59. The molecule has 3 N–H and O–H groups in total. The first kappa shape index (κ1) is 12.8. The zero-order chi connectivity index (χ0) is 12.5. The molecule has 0 saturated heterocycles. The molecule has 2 heterocycles. The van der Waals surface area contributed by atoms with E-state index in [1.54, 1.807) is 16.2 Å². The summed E-state index contributed by atoms with van der Waals surface area (Å²) >= 11 is 7.27. The smallest absolute Gasteiger partial charge is 0.0633 e. The van der Waals surface area contributed by atoms with Gasteiger partial charge in [0, 0.05) is 20.1 Å². The van der Waals surface area contributed by atoms with Crippen LogP contribution in [0.25, 0.3) is 0 Å². The van der Waals surface area contributed by atoms with E-state index in [4.69, 9.17) is 5.84 Å². The SMILES string of the molecule is NNC(c1sccc1Br)C1CCCc2sccc21. The zero-order valence-corrected chi connectivity index (χ0v) is 13.1. The molecular weight excluding hydrogens is 328 g/mol. The molecule has 3 rings (SSSR count). The standard InChI is InChI=1S/C13H15BrN2S2/c14-10-5-7-18-13(10)12(16-15)9-2-1-3-11-8(9)4-6-17-11/h4-7,9,12,16H,1-3,15H2. The second-order valence-corrected chi connectivity index (χ2v) is 7.38. The van der Waals surface area contributed by atoms with Crippen molar-refractivity contribution in [1.82, 2.24) is 5.43 Å². The summed E-state index contributed by atoms with van der Waals surface area (Å²) < 4.78 is 1.16. The van der Waals surface area contributed by atoms with Gasteiger partial charge in [0.05, 0.1) is 6.04 Å². The van der Waals surface area contributed by atoms with E-state index in [1.165, 1.54) is 29.7 Å². The molecule has 5 heteroatoms. The fourth-order valence-corrected chi connectivity index (χ4v) is 5.51. The third kappa shape index (κ3) is 2.18. The van der Waals surface area contributed by atoms with Crippen LogP contribution in [0.1, 0.15) is 40.1 Å². The fraction of sp³-hybridized carbons (Fsp3) is 0.385. The van der Waals surface area contributed by atoms with Crippen molar-refractivity contribution in [2.75, 3.05) is 0 Å². The Bertz CT molecular complexity index is 535. The van der Waals surface area contributed by atoms with Crippen molar-refractivity contribution in [3.63, 3.8) is 0 Å². The lowest BCUT2D eigenvalue weighted by atomic mass is 9.82. The second kappa shape index (κ2) is 5.43. The molecule has 2 aromatic rings. The first-order valence-corrected chi connectivity index (χ1v) is 8.61. The first-order chi connectivity index (χ1) is 8.81. The van der Waals surface area contributed by atoms with Crippen molar-refractivity contribution in [3.8, 4) is 0 Å². The highest BCUT2D eigenvalue weighted by Gasteiger charge is 2.30. The molecule has 0 aromatic carbocycles. The van der Waals surface area contributed by atoms with Gasteiger partial charge in [0.25, 0.3) is 0 Å². The van der Waals surface area contributed by atoms with Gasteiger partial charge in [-0.1, -0.05) is 0 Å². The summed E-state index contributed by atoms with van der Waals surface area (Å²) in [5.41, 5.74) is 4.53. The largest absolute Gasteiger partial charge is 0.271 e. The molecule has 0 amide bonds. The molecule has 0 spiro atoms. The van der Waals surface area contributed by atoms with E-state index in [9.17, 15) is 0 Å². The number of hydrogen-bond acceptors (Lipinski definition) is 4. The molecule has 2 aromatic heterocycles. The fourth-order valence-electron chi connectivity index (χ4n) is 2.77. The monoisotopic (exact) mass is 342 g/mol. The molecule has 0 bridgehead atoms. The Morgan fingerprint density at radius 1 is 1.33 bits per heavy atom. The maximum atomic E-state index is 5.83. The van der Waals surface area contributed by atoms with Gasteiger partial charge >= 0.3 is 0 Å². The number of fused-ring (bicyclic) bond motifs is 1. The number of nitrogens with one attached hydrogen (secondary N) is 1. The lowest BCUT2D eigenvalue weighted by Gasteiger charge is -2.30. The number of hydrogen-bond donors (Lipinski definition) is 2. The van der Waals surface area contributed by atoms with Crippen molar-refractivity contribution in [2.45, 2.75) is 31.2 Å². The normalized spacial score (nSPS) is 20.7. The van der Waals surface area contributed by atoms with Gasteiger partial charge in [0.2, 0.25) is 0 Å². The van der Waals surface area contributed by atoms with Crippen LogP contribution in [0.5, 0.6) is 0 Å². The minimum Gasteiger partial charge on any atom is -0.271 e. The Balaban J connectivity index is 1.97. The molecular formula is C13H15BrN2S2. The maximum Gasteiger partial charge on any atom is 0.0633 e. The van der Waals surface area contributed by atoms with Crippen LogP contribution in [0, 0.1) is 0 Å². The van der Waals surface area contributed by atoms with Gasteiger partial charge in [0.1, 0.15) is 0 Å². The van der Waals surface area contributed by atoms with Crippen LogP contribution in [-0.2, 0) is 6.42 Å². The van der Waals surface area contributed by atoms with Crippen LogP contribution >= 0.6 is 38.6 Å². The highest BCUT2D eigenvalue weighted by atomic mass is 79.9. The summed E-state index contributed by atoms with van der Waals surface area (Å²) in [7, 11) is 0. The van der Waals surface area contributed by atoms with E-state index in [0.29, 0.717) is 5.92 Å². The van der Waals surface area contributed by atoms with Crippen molar-refractivity contribution >= 4 is 38.6 Å². The van der Waals surface area contributed by atoms with Crippen LogP contribution in [0.3, 0.4) is 0 Å². The van der Waals surface area contributed by atoms with Gasteiger partial charge in [-0.05, 0) is 63.6 Å². The maximum absolute atomic E-state index is 5.83. The van der Waals surface area contributed by atoms with Crippen LogP contribution in [0.15, 0.2) is 27.4 Å². The highest BCUT2D eigenvalue weighted by molar-refractivity contribution is 9.10. The van der Waals surface area contributed by atoms with Gasteiger partial charge in [-0.15, -0.1) is 22.7 Å². The third-order valence-corrected chi connectivity index (χ3v) is 6.56. The molecule has 0 saturated carbocycles. The Labute approximate surface area is 123 Å². The Morgan fingerprint density at radius 3 is 2.89 bits per heavy atom. The summed E-state index contributed by atoms with van der Waals surface area (Å²) in [5, 5.41) is 4.32. The van der Waals surface area contributed by atoms with Crippen molar-refractivity contribution in [3.05, 3.63) is 42.7 Å². The van der Waals surface area contributed by atoms with E-state index in [-0.39, 0.29) is 6.04 Å². The van der Waals surface area contributed by atoms with Crippen LogP contribution < -0.4 is 11.3 Å². The quantitative estimate of drug-likeness (QED) is 0.648. The molecule has 2 atom stereocenters. The van der Waals surface area contributed by atoms with Gasteiger partial charge < -0.3 is 0 Å². The summed E-state index contributed by atoms with van der Waals surface area (Å²) in [4.78, 5) is 2.85. The van der Waals surface area contributed by atoms with Crippen LogP contribution in [0.2, 0.25) is 0 Å². The molecule has 2 unspecified atom stereocenters. The van der Waals surface area contributed by atoms with Gasteiger partial charge in [-0.3, -0.25) is 11.3 Å². The average molecular weight is 343 g/mol. The molecule has 1 aliphatic carbocycles. The second-order valence-electron chi connectivity index (χ2n) is 4.57. The predicted molar refractivity (Wildman–Crippen MR) is 82.1 cm³/mol. The van der Waals surface area contributed by atoms with Crippen LogP contribution in [0.4, 0.5) is 0 Å². The molecule has 0 radical (unpaired) electrons. The van der Waals surface area contributed by atoms with E-state index in [1.807, 2.05) is 11.3 Å². The van der Waals surface area contributed by atoms with E-state index >= 15 is 0 Å². The summed E-state index contributed by atoms with van der Waals surface area (Å²) in [6.45, 7) is 0. The van der Waals surface area contributed by atoms with Gasteiger partial charge in [0.15, 0.2) is 0 Å². The van der Waals surface area contributed by atoms with Crippen molar-refractivity contribution in [2.24, 2.45) is 5.84 Å². The number of aryl methyl sites for hydroxylation is 1. The molecule has 1 aliphatic rings. The van der Waals surface area contributed by atoms with Gasteiger partial charge in [-0.25, -0.2) is 0 Å². The van der Waals surface area contributed by atoms with E-state index in [2.05, 4.69) is 44.2 Å². The molecule has 2 nitrogen and oxygen atoms in total. The van der Waals surface area contributed by atoms with E-state index in [0.717, 1.165) is 4.47 Å². The third-order valence-electron chi connectivity index (χ3n) is 3.61. The topological polar surface area (TPSA) is 38.0 Å². The molecule has 0 aliphatic heterocycles.